The number of halogens is 3. The number of aromatic nitrogens is 2. The minimum absolute atomic E-state index is 0.223. The van der Waals surface area contributed by atoms with E-state index in [1.807, 2.05) is 13.0 Å². The van der Waals surface area contributed by atoms with Gasteiger partial charge in [0.25, 0.3) is 5.91 Å². The summed E-state index contributed by atoms with van der Waals surface area (Å²) in [6, 6.07) is 11.4. The van der Waals surface area contributed by atoms with Gasteiger partial charge in [-0.3, -0.25) is 9.48 Å². The Labute approximate surface area is 188 Å². The molecule has 1 unspecified atom stereocenters. The minimum Gasteiger partial charge on any atom is -0.380 e. The molecule has 2 aromatic carbocycles. The number of anilines is 2. The molecule has 2 heterocycles. The minimum atomic E-state index is -4.45. The number of carbonyl (C=O) groups is 1. The molecule has 2 N–H and O–H groups in total. The van der Waals surface area contributed by atoms with Crippen LogP contribution in [-0.4, -0.2) is 34.4 Å². The van der Waals surface area contributed by atoms with Crippen LogP contribution in [0.3, 0.4) is 0 Å². The number of aliphatic hydroxyl groups excluding tert-OH is 1. The average molecular weight is 460 g/mol. The van der Waals surface area contributed by atoms with Crippen LogP contribution in [0.15, 0.2) is 54.7 Å². The maximum Gasteiger partial charge on any atom is 0.416 e. The summed E-state index contributed by atoms with van der Waals surface area (Å²) in [4.78, 5) is 14.7. The molecule has 0 spiro atoms. The van der Waals surface area contributed by atoms with E-state index in [0.717, 1.165) is 17.7 Å². The van der Waals surface area contributed by atoms with Crippen molar-refractivity contribution < 1.29 is 27.8 Å². The van der Waals surface area contributed by atoms with Crippen molar-refractivity contribution in [1.29, 1.82) is 0 Å². The maximum atomic E-state index is 13.3. The standard InChI is InChI=1S/C23H23F3N4O3/c1-14-12-29(18-8-6-17(7-9-18)23(24,25)26)22(32)20-19(11-27-30(14)20)28-21(31)16-5-3-4-15(10-16)13-33-2/h3-11,14,21,28,31H,12-13H2,1-2H3/t14-,21?/m0/s1. The molecule has 2 atom stereocenters. The number of amides is 1. The Morgan fingerprint density at radius 2 is 1.97 bits per heavy atom. The third kappa shape index (κ3) is 4.57. The lowest BCUT2D eigenvalue weighted by molar-refractivity contribution is -0.137. The van der Waals surface area contributed by atoms with E-state index >= 15 is 0 Å². The zero-order valence-corrected chi connectivity index (χ0v) is 18.0. The molecule has 0 bridgehead atoms. The Balaban J connectivity index is 1.60. The van der Waals surface area contributed by atoms with Crippen molar-refractivity contribution in [2.75, 3.05) is 23.9 Å². The van der Waals surface area contributed by atoms with Crippen molar-refractivity contribution in [3.63, 3.8) is 0 Å². The van der Waals surface area contributed by atoms with E-state index in [0.29, 0.717) is 23.5 Å². The average Bonchev–Trinajstić information content (AvgIpc) is 3.21. The van der Waals surface area contributed by atoms with Crippen LogP contribution in [0.2, 0.25) is 0 Å². The first-order valence-electron chi connectivity index (χ1n) is 10.3. The third-order valence-electron chi connectivity index (χ3n) is 5.48. The molecule has 0 saturated carbocycles. The van der Waals surface area contributed by atoms with E-state index in [4.69, 9.17) is 4.74 Å². The molecule has 33 heavy (non-hydrogen) atoms. The molecular weight excluding hydrogens is 437 g/mol. The highest BCUT2D eigenvalue weighted by Gasteiger charge is 2.35. The molecule has 0 saturated heterocycles. The zero-order chi connectivity index (χ0) is 23.8. The fraction of sp³-hybridized carbons (Fsp3) is 0.304. The van der Waals surface area contributed by atoms with Crippen LogP contribution in [0.25, 0.3) is 0 Å². The zero-order valence-electron chi connectivity index (χ0n) is 18.0. The molecule has 1 aromatic heterocycles. The number of fused-ring (bicyclic) bond motifs is 1. The number of nitrogens with one attached hydrogen (secondary N) is 1. The molecule has 7 nitrogen and oxygen atoms in total. The SMILES string of the molecule is COCc1cccc(C(O)Nc2cnn3c2C(=O)N(c2ccc(C(F)(F)F)cc2)C[C@@H]3C)c1. The highest BCUT2D eigenvalue weighted by atomic mass is 19.4. The van der Waals surface area contributed by atoms with Crippen molar-refractivity contribution >= 4 is 17.3 Å². The van der Waals surface area contributed by atoms with E-state index in [9.17, 15) is 23.1 Å². The number of rotatable bonds is 6. The molecule has 3 aromatic rings. The molecule has 174 valence electrons. The Morgan fingerprint density at radius 1 is 1.24 bits per heavy atom. The lowest BCUT2D eigenvalue weighted by Gasteiger charge is -2.32. The number of hydrogen-bond donors (Lipinski definition) is 2. The van der Waals surface area contributed by atoms with Crippen molar-refractivity contribution in [2.24, 2.45) is 0 Å². The normalized spacial score (nSPS) is 17.1. The first-order chi connectivity index (χ1) is 15.7. The fourth-order valence-corrected chi connectivity index (χ4v) is 3.87. The van der Waals surface area contributed by atoms with Crippen LogP contribution in [0.4, 0.5) is 24.5 Å². The van der Waals surface area contributed by atoms with Crippen molar-refractivity contribution in [3.8, 4) is 0 Å². The van der Waals surface area contributed by atoms with E-state index in [-0.39, 0.29) is 18.3 Å². The Morgan fingerprint density at radius 3 is 2.64 bits per heavy atom. The molecule has 10 heteroatoms. The van der Waals surface area contributed by atoms with Gasteiger partial charge in [0, 0.05) is 24.9 Å². The molecule has 0 fully saturated rings. The van der Waals surface area contributed by atoms with Gasteiger partial charge in [0.05, 0.1) is 30.1 Å². The largest absolute Gasteiger partial charge is 0.416 e. The van der Waals surface area contributed by atoms with Gasteiger partial charge in [0.2, 0.25) is 0 Å². The van der Waals surface area contributed by atoms with Crippen LogP contribution >= 0.6 is 0 Å². The number of carbonyl (C=O) groups excluding carboxylic acids is 1. The smallest absolute Gasteiger partial charge is 0.380 e. The monoisotopic (exact) mass is 460 g/mol. The van der Waals surface area contributed by atoms with Gasteiger partial charge < -0.3 is 20.1 Å². The predicted octanol–water partition coefficient (Wildman–Crippen LogP) is 4.37. The molecule has 1 aliphatic heterocycles. The second-order valence-electron chi connectivity index (χ2n) is 7.89. The van der Waals surface area contributed by atoms with Gasteiger partial charge in [0.1, 0.15) is 5.69 Å². The van der Waals surface area contributed by atoms with E-state index in [1.165, 1.54) is 23.2 Å². The lowest BCUT2D eigenvalue weighted by atomic mass is 10.1. The second-order valence-corrected chi connectivity index (χ2v) is 7.89. The van der Waals surface area contributed by atoms with Crippen LogP contribution in [0.1, 0.15) is 46.4 Å². The van der Waals surface area contributed by atoms with Gasteiger partial charge in [0.15, 0.2) is 6.23 Å². The lowest BCUT2D eigenvalue weighted by Crippen LogP contribution is -2.43. The number of ether oxygens (including phenoxy) is 1. The summed E-state index contributed by atoms with van der Waals surface area (Å²) in [5.74, 6) is -0.423. The van der Waals surface area contributed by atoms with Crippen LogP contribution in [-0.2, 0) is 17.5 Å². The van der Waals surface area contributed by atoms with Crippen molar-refractivity contribution in [3.05, 3.63) is 77.1 Å². The predicted molar refractivity (Wildman–Crippen MR) is 116 cm³/mol. The highest BCUT2D eigenvalue weighted by Crippen LogP contribution is 2.34. The van der Waals surface area contributed by atoms with Gasteiger partial charge in [-0.05, 0) is 42.8 Å². The highest BCUT2D eigenvalue weighted by molar-refractivity contribution is 6.09. The first kappa shape index (κ1) is 22.8. The van der Waals surface area contributed by atoms with Gasteiger partial charge in [-0.2, -0.15) is 18.3 Å². The summed E-state index contributed by atoms with van der Waals surface area (Å²) in [7, 11) is 1.58. The number of hydrogen-bond acceptors (Lipinski definition) is 5. The van der Waals surface area contributed by atoms with E-state index in [1.54, 1.807) is 30.0 Å². The number of methoxy groups -OCH3 is 1. The van der Waals surface area contributed by atoms with Crippen molar-refractivity contribution in [1.82, 2.24) is 9.78 Å². The van der Waals surface area contributed by atoms with Gasteiger partial charge >= 0.3 is 6.18 Å². The number of benzene rings is 2. The summed E-state index contributed by atoms with van der Waals surface area (Å²) >= 11 is 0. The van der Waals surface area contributed by atoms with Crippen LogP contribution in [0.5, 0.6) is 0 Å². The molecule has 1 aliphatic rings. The van der Waals surface area contributed by atoms with Gasteiger partial charge in [-0.1, -0.05) is 18.2 Å². The Bertz CT molecular complexity index is 1140. The van der Waals surface area contributed by atoms with Gasteiger partial charge in [-0.25, -0.2) is 0 Å². The maximum absolute atomic E-state index is 13.3. The third-order valence-corrected chi connectivity index (χ3v) is 5.48. The number of alkyl halides is 3. The quantitative estimate of drug-likeness (QED) is 0.534. The molecule has 4 rings (SSSR count). The first-order valence-corrected chi connectivity index (χ1v) is 10.3. The summed E-state index contributed by atoms with van der Waals surface area (Å²) in [5.41, 5.74) is 1.58. The van der Waals surface area contributed by atoms with E-state index in [2.05, 4.69) is 10.4 Å². The number of nitrogens with zero attached hydrogens (tertiary/aromatic N) is 3. The van der Waals surface area contributed by atoms with Crippen LogP contribution in [0, 0.1) is 0 Å². The summed E-state index contributed by atoms with van der Waals surface area (Å²) < 4.78 is 45.4. The topological polar surface area (TPSA) is 79.6 Å². The van der Waals surface area contributed by atoms with Gasteiger partial charge in [-0.15, -0.1) is 0 Å². The number of aliphatic hydroxyl groups is 1. The Hall–Kier alpha value is -3.37. The summed E-state index contributed by atoms with van der Waals surface area (Å²) in [6.45, 7) is 2.50. The summed E-state index contributed by atoms with van der Waals surface area (Å²) in [5, 5.41) is 17.9. The second kappa shape index (κ2) is 8.87. The molecular formula is C23H23F3N4O3. The Kier molecular flexibility index (Phi) is 6.13. The van der Waals surface area contributed by atoms with Crippen molar-refractivity contribution in [2.45, 2.75) is 32.0 Å². The summed E-state index contributed by atoms with van der Waals surface area (Å²) in [6.07, 6.45) is -4.10. The fourth-order valence-electron chi connectivity index (χ4n) is 3.87. The van der Waals surface area contributed by atoms with Crippen LogP contribution < -0.4 is 10.2 Å². The molecule has 1 amide bonds. The molecule has 0 radical (unpaired) electrons. The molecule has 0 aliphatic carbocycles. The van der Waals surface area contributed by atoms with E-state index < -0.39 is 23.9 Å².